The number of Topliss-reactive ketones (excluding diaryl/α,β-unsaturated/α-hetero) is 3. The van der Waals surface area contributed by atoms with Crippen LogP contribution in [-0.4, -0.2) is 60.8 Å². The third-order valence-electron chi connectivity index (χ3n) is 16.1. The van der Waals surface area contributed by atoms with Gasteiger partial charge in [0.25, 0.3) is 33.7 Å². The van der Waals surface area contributed by atoms with Crippen molar-refractivity contribution in [3.8, 4) is 33.4 Å². The van der Waals surface area contributed by atoms with Gasteiger partial charge in [0.15, 0.2) is 17.3 Å². The Kier molecular flexibility index (Phi) is 18.6. The molecule has 0 saturated heterocycles. The molecule has 3 N–H and O–H groups in total. The molecule has 480 valence electrons. The number of aryl methyl sites for hydroxylation is 3. The second-order valence-electron chi connectivity index (χ2n) is 22.3. The van der Waals surface area contributed by atoms with E-state index in [9.17, 15) is 76.7 Å². The topological polar surface area (TPSA) is 294 Å². The molecule has 0 atom stereocenters. The SMILES string of the molecule is CC(=O)c1c(-c2ccc[nH]c2=O)c2cc(C)c(F)cc2n1Cc1cc([N+](=O)[O-])ccc1F.CC(=O)c1c(-c2ccc[nH]c2=O)c2cc(C)ccc2n1Cc1cc([N+](=O)[O-])ccc1F.CCc1ccc2c(c1)c(-c1ccc[nH]c1=O)c(C(C)=O)n2Cc1cc([N+](=O)[O-])ccc1F. The summed E-state index contributed by atoms with van der Waals surface area (Å²) in [6.45, 7) is 9.02. The van der Waals surface area contributed by atoms with Crippen LogP contribution in [0, 0.1) is 67.5 Å². The molecule has 0 aliphatic carbocycles. The molecule has 21 nitrogen and oxygen atoms in total. The van der Waals surface area contributed by atoms with Crippen LogP contribution in [0.2, 0.25) is 0 Å². The van der Waals surface area contributed by atoms with Gasteiger partial charge in [0.1, 0.15) is 23.3 Å². The van der Waals surface area contributed by atoms with E-state index in [0.29, 0.717) is 60.6 Å². The van der Waals surface area contributed by atoms with Crippen molar-refractivity contribution in [2.24, 2.45) is 0 Å². The molecule has 0 unspecified atom stereocenters. The van der Waals surface area contributed by atoms with Crippen LogP contribution in [0.4, 0.5) is 34.6 Å². The number of ketones is 3. The Morgan fingerprint density at radius 1 is 0.432 bits per heavy atom. The highest BCUT2D eigenvalue weighted by molar-refractivity contribution is 6.12. The van der Waals surface area contributed by atoms with Crippen LogP contribution >= 0.6 is 0 Å². The first-order valence-corrected chi connectivity index (χ1v) is 29.2. The maximum Gasteiger partial charge on any atom is 0.269 e. The number of pyridine rings is 3. The van der Waals surface area contributed by atoms with Gasteiger partial charge in [-0.1, -0.05) is 24.6 Å². The monoisotopic (exact) mass is 1290 g/mol. The minimum Gasteiger partial charge on any atom is -0.333 e. The summed E-state index contributed by atoms with van der Waals surface area (Å²) >= 11 is 0. The van der Waals surface area contributed by atoms with Gasteiger partial charge < -0.3 is 28.7 Å². The molecule has 6 aromatic carbocycles. The van der Waals surface area contributed by atoms with Crippen molar-refractivity contribution in [1.29, 1.82) is 0 Å². The Hall–Kier alpha value is -12.3. The number of rotatable bonds is 16. The lowest BCUT2D eigenvalue weighted by atomic mass is 10.00. The van der Waals surface area contributed by atoms with E-state index in [0.717, 1.165) is 66.1 Å². The van der Waals surface area contributed by atoms with E-state index in [1.807, 2.05) is 44.2 Å². The number of H-pyrrole nitrogens is 3. The number of nitro benzene ring substituents is 3. The molecule has 12 rings (SSSR count). The molecule has 0 spiro atoms. The van der Waals surface area contributed by atoms with E-state index in [2.05, 4.69) is 15.0 Å². The predicted molar refractivity (Wildman–Crippen MR) is 349 cm³/mol. The number of non-ortho nitro benzene ring substituents is 3. The van der Waals surface area contributed by atoms with Crippen molar-refractivity contribution in [1.82, 2.24) is 28.7 Å². The standard InChI is InChI=1S/C24H20FN3O4.C23H17F2N3O4.C23H18FN3O4/c1-3-15-6-9-21-19(11-15)22(18-5-4-10-26-24(18)30)23(14(2)29)27(21)13-16-12-17(28(31)32)7-8-20(16)25;1-12-8-17-20(10-19(12)25)27(11-14-9-15(28(31)32)5-6-18(14)24)22(13(2)29)21(17)16-4-3-7-26-23(16)30;1-13-5-8-20-18(10-13)21(17-4-3-9-25-23(17)29)22(14(2)28)26(20)12-15-11-16(27(30)31)6-7-19(15)24/h4-12H,3,13H2,1-2H3,(H,26,30);3-10H,11H2,1-2H3,(H,26,30);3-11H,12H2,1-2H3,(H,25,29). The average molecular weight is 1290 g/mol. The highest BCUT2D eigenvalue weighted by Gasteiger charge is 2.29. The molecule has 25 heteroatoms. The van der Waals surface area contributed by atoms with Crippen LogP contribution in [0.25, 0.3) is 66.1 Å². The summed E-state index contributed by atoms with van der Waals surface area (Å²) < 4.78 is 62.8. The zero-order valence-electron chi connectivity index (χ0n) is 51.4. The fourth-order valence-corrected chi connectivity index (χ4v) is 11.7. The minimum atomic E-state index is -0.710. The molecule has 0 aliphatic rings. The number of carbonyl (C=O) groups excluding carboxylic acids is 3. The number of fused-ring (bicyclic) bond motifs is 3. The lowest BCUT2D eigenvalue weighted by Crippen LogP contribution is -2.13. The maximum absolute atomic E-state index is 14.6. The first kappa shape index (κ1) is 65.7. The average Bonchev–Trinajstić information content (AvgIpc) is 1.61. The molecule has 95 heavy (non-hydrogen) atoms. The zero-order valence-corrected chi connectivity index (χ0v) is 51.4. The van der Waals surface area contributed by atoms with Crippen LogP contribution in [0.1, 0.15) is 92.5 Å². The molecular formula is C70H55F4N9O12. The number of benzene rings is 6. The van der Waals surface area contributed by atoms with Crippen molar-refractivity contribution in [3.05, 3.63) is 293 Å². The summed E-state index contributed by atoms with van der Waals surface area (Å²) in [7, 11) is 0. The van der Waals surface area contributed by atoms with Crippen molar-refractivity contribution in [2.75, 3.05) is 0 Å². The predicted octanol–water partition coefficient (Wildman–Crippen LogP) is 14.2. The van der Waals surface area contributed by atoms with Gasteiger partial charge in [-0.15, -0.1) is 0 Å². The van der Waals surface area contributed by atoms with Crippen LogP contribution in [0.5, 0.6) is 0 Å². The molecule has 0 fully saturated rings. The second kappa shape index (κ2) is 26.9. The summed E-state index contributed by atoms with van der Waals surface area (Å²) in [6.07, 6.45) is 5.21. The summed E-state index contributed by atoms with van der Waals surface area (Å²) in [5.74, 6) is -3.52. The van der Waals surface area contributed by atoms with Crippen molar-refractivity contribution in [2.45, 2.75) is 67.6 Å². The summed E-state index contributed by atoms with van der Waals surface area (Å²) in [6, 6.07) is 33.3. The van der Waals surface area contributed by atoms with Gasteiger partial charge in [0.05, 0.1) is 57.0 Å². The van der Waals surface area contributed by atoms with E-state index in [1.54, 1.807) is 52.5 Å². The van der Waals surface area contributed by atoms with Gasteiger partial charge in [-0.25, -0.2) is 17.6 Å². The van der Waals surface area contributed by atoms with Crippen LogP contribution in [0.15, 0.2) is 173 Å². The molecule has 0 radical (unpaired) electrons. The highest BCUT2D eigenvalue weighted by atomic mass is 19.1. The molecular weight excluding hydrogens is 1230 g/mol. The van der Waals surface area contributed by atoms with E-state index >= 15 is 0 Å². The zero-order chi connectivity index (χ0) is 68.4. The molecule has 12 aromatic rings. The van der Waals surface area contributed by atoms with Crippen LogP contribution < -0.4 is 16.7 Å². The Bertz CT molecular complexity index is 5370. The summed E-state index contributed by atoms with van der Waals surface area (Å²) in [4.78, 5) is 115. The third-order valence-corrected chi connectivity index (χ3v) is 16.1. The first-order valence-electron chi connectivity index (χ1n) is 29.2. The maximum atomic E-state index is 14.6. The van der Waals surface area contributed by atoms with Crippen LogP contribution in [0.3, 0.4) is 0 Å². The minimum absolute atomic E-state index is 0.0481. The number of hydrogen-bond acceptors (Lipinski definition) is 12. The Balaban J connectivity index is 0.000000155. The Morgan fingerprint density at radius 2 is 0.779 bits per heavy atom. The number of hydrogen-bond donors (Lipinski definition) is 3. The van der Waals surface area contributed by atoms with Gasteiger partial charge in [0.2, 0.25) is 0 Å². The van der Waals surface area contributed by atoms with E-state index in [-0.39, 0.29) is 104 Å². The molecule has 0 bridgehead atoms. The Morgan fingerprint density at radius 3 is 1.13 bits per heavy atom. The van der Waals surface area contributed by atoms with Gasteiger partial charge in [-0.2, -0.15) is 0 Å². The number of nitrogens with zero attached hydrogens (tertiary/aromatic N) is 6. The van der Waals surface area contributed by atoms with Gasteiger partial charge >= 0.3 is 0 Å². The van der Waals surface area contributed by atoms with Gasteiger partial charge in [-0.05, 0) is 122 Å². The smallest absolute Gasteiger partial charge is 0.269 e. The summed E-state index contributed by atoms with van der Waals surface area (Å²) in [5, 5.41) is 35.3. The van der Waals surface area contributed by atoms with E-state index in [4.69, 9.17) is 0 Å². The van der Waals surface area contributed by atoms with E-state index in [1.165, 1.54) is 68.2 Å². The number of nitrogens with one attached hydrogen (secondary N) is 3. The van der Waals surface area contributed by atoms with Crippen molar-refractivity contribution in [3.63, 3.8) is 0 Å². The van der Waals surface area contributed by atoms with Crippen molar-refractivity contribution >= 4 is 67.1 Å². The normalized spacial score (nSPS) is 11.1. The van der Waals surface area contributed by atoms with Gasteiger partial charge in [-0.3, -0.25) is 59.1 Å². The fraction of sp³-hybridized carbons (Fsp3) is 0.143. The van der Waals surface area contributed by atoms with Crippen LogP contribution in [-0.2, 0) is 26.1 Å². The molecule has 0 saturated carbocycles. The molecule has 0 amide bonds. The highest BCUT2D eigenvalue weighted by Crippen LogP contribution is 2.40. The van der Waals surface area contributed by atoms with Gasteiger partial charge in [0, 0.05) is 153 Å². The molecule has 6 aromatic heterocycles. The molecule has 0 aliphatic heterocycles. The number of aromatic nitrogens is 6. The lowest BCUT2D eigenvalue weighted by molar-refractivity contribution is -0.385. The Labute approximate surface area is 534 Å². The first-order chi connectivity index (χ1) is 45.3. The number of halogens is 4. The quantitative estimate of drug-likeness (QED) is 0.0352. The number of aromatic amines is 3. The third kappa shape index (κ3) is 13.0. The van der Waals surface area contributed by atoms with Crippen molar-refractivity contribution < 1.29 is 46.7 Å². The second-order valence-corrected chi connectivity index (χ2v) is 22.3. The molecule has 6 heterocycles. The summed E-state index contributed by atoms with van der Waals surface area (Å²) in [5.41, 5.74) is 4.55. The number of carbonyl (C=O) groups is 3. The largest absolute Gasteiger partial charge is 0.333 e. The fourth-order valence-electron chi connectivity index (χ4n) is 11.7. The number of nitro groups is 3. The van der Waals surface area contributed by atoms with E-state index < -0.39 is 49.4 Å². The lowest BCUT2D eigenvalue weighted by Gasteiger charge is -2.11.